The number of aromatic nitrogens is 1. The molecule has 0 unspecified atom stereocenters. The molecule has 1 N–H and O–H groups in total. The van der Waals surface area contributed by atoms with Crippen molar-refractivity contribution in [3.05, 3.63) is 156 Å². The molecule has 45 heavy (non-hydrogen) atoms. The minimum absolute atomic E-state index is 0.245. The van der Waals surface area contributed by atoms with Crippen LogP contribution in [-0.4, -0.2) is 17.6 Å². The Balaban J connectivity index is 1.34. The third-order valence-electron chi connectivity index (χ3n) is 7.44. The van der Waals surface area contributed by atoms with Gasteiger partial charge in [-0.15, -0.1) is 0 Å². The van der Waals surface area contributed by atoms with Crippen molar-refractivity contribution in [3.8, 4) is 17.6 Å². The summed E-state index contributed by atoms with van der Waals surface area (Å²) in [4.78, 5) is 32.9. The van der Waals surface area contributed by atoms with Gasteiger partial charge in [0.05, 0.1) is 40.6 Å². The van der Waals surface area contributed by atoms with Gasteiger partial charge >= 0.3 is 0 Å². The number of para-hydroxylation sites is 1. The lowest BCUT2D eigenvalue weighted by Crippen LogP contribution is -2.40. The zero-order chi connectivity index (χ0) is 31.3. The molecular weight excluding hydrogens is 584 g/mol. The van der Waals surface area contributed by atoms with E-state index in [0.717, 1.165) is 16.7 Å². The fraction of sp³-hybridized carbons (Fsp3) is 0.111. The van der Waals surface area contributed by atoms with Crippen LogP contribution in [0.4, 0.5) is 5.69 Å². The van der Waals surface area contributed by atoms with Crippen molar-refractivity contribution in [1.29, 1.82) is 5.26 Å². The van der Waals surface area contributed by atoms with Gasteiger partial charge in [0, 0.05) is 11.3 Å². The average Bonchev–Trinajstić information content (AvgIpc) is 3.37. The molecule has 222 valence electrons. The number of nitrogens with one attached hydrogen (secondary N) is 1. The third kappa shape index (κ3) is 6.18. The van der Waals surface area contributed by atoms with E-state index in [9.17, 15) is 14.9 Å². The number of ether oxygens (including phenoxy) is 2. The Bertz CT molecular complexity index is 2130. The molecule has 0 aliphatic carbocycles. The maximum absolute atomic E-state index is 14.0. The number of anilines is 1. The van der Waals surface area contributed by atoms with Gasteiger partial charge in [0.1, 0.15) is 18.1 Å². The van der Waals surface area contributed by atoms with Crippen LogP contribution in [0.15, 0.2) is 124 Å². The molecule has 1 amide bonds. The summed E-state index contributed by atoms with van der Waals surface area (Å²) < 4.78 is 13.3. The number of benzene rings is 4. The van der Waals surface area contributed by atoms with E-state index in [4.69, 9.17) is 14.5 Å². The summed E-state index contributed by atoms with van der Waals surface area (Å²) in [7, 11) is 1.59. The zero-order valence-corrected chi connectivity index (χ0v) is 25.4. The minimum atomic E-state index is -0.690. The topological polar surface area (TPSA) is 106 Å². The summed E-state index contributed by atoms with van der Waals surface area (Å²) >= 11 is 1.28. The molecule has 5 aromatic rings. The van der Waals surface area contributed by atoms with Gasteiger partial charge in [-0.05, 0) is 66.6 Å². The molecule has 0 fully saturated rings. The molecule has 2 heterocycles. The number of thiazole rings is 1. The Morgan fingerprint density at radius 2 is 1.67 bits per heavy atom. The summed E-state index contributed by atoms with van der Waals surface area (Å²) in [5.41, 5.74) is 4.29. The molecule has 1 aliphatic rings. The van der Waals surface area contributed by atoms with E-state index in [2.05, 4.69) is 11.4 Å². The van der Waals surface area contributed by atoms with Crippen LogP contribution in [0.25, 0.3) is 6.08 Å². The van der Waals surface area contributed by atoms with E-state index >= 15 is 0 Å². The summed E-state index contributed by atoms with van der Waals surface area (Å²) in [6.07, 6.45) is 1.81. The Labute approximate surface area is 263 Å². The number of hydrogen-bond acceptors (Lipinski definition) is 7. The van der Waals surface area contributed by atoms with Crippen molar-refractivity contribution in [2.75, 3.05) is 12.4 Å². The maximum atomic E-state index is 14.0. The Morgan fingerprint density at radius 3 is 2.38 bits per heavy atom. The smallest absolute Gasteiger partial charge is 0.271 e. The van der Waals surface area contributed by atoms with Gasteiger partial charge in [-0.2, -0.15) is 5.26 Å². The van der Waals surface area contributed by atoms with Crippen molar-refractivity contribution < 1.29 is 14.3 Å². The molecular formula is C36H28N4O4S. The lowest BCUT2D eigenvalue weighted by molar-refractivity contribution is -0.113. The van der Waals surface area contributed by atoms with Crippen LogP contribution in [-0.2, 0) is 11.4 Å². The van der Waals surface area contributed by atoms with Crippen LogP contribution in [0, 0.1) is 11.3 Å². The number of hydrogen-bond donors (Lipinski definition) is 1. The SMILES string of the molecule is COc1ccc([C@@H]2C(C(=O)Nc3ccccc3)=C(C)N=c3s/c(=C/c4ccc(OCc5ccccc5C#N)cc4)c(=O)n32)cc1. The number of allylic oxidation sites excluding steroid dienone is 1. The highest BCUT2D eigenvalue weighted by Crippen LogP contribution is 2.31. The minimum Gasteiger partial charge on any atom is -0.497 e. The van der Waals surface area contributed by atoms with Gasteiger partial charge in [-0.3, -0.25) is 14.2 Å². The first-order chi connectivity index (χ1) is 21.9. The monoisotopic (exact) mass is 612 g/mol. The highest BCUT2D eigenvalue weighted by Gasteiger charge is 2.32. The summed E-state index contributed by atoms with van der Waals surface area (Å²) in [6.45, 7) is 2.06. The fourth-order valence-electron chi connectivity index (χ4n) is 5.16. The van der Waals surface area contributed by atoms with Gasteiger partial charge in [0.2, 0.25) is 0 Å². The van der Waals surface area contributed by atoms with Crippen molar-refractivity contribution in [2.24, 2.45) is 4.99 Å². The first kappa shape index (κ1) is 29.4. The lowest BCUT2D eigenvalue weighted by atomic mass is 9.95. The van der Waals surface area contributed by atoms with E-state index in [1.165, 1.54) is 11.3 Å². The first-order valence-corrected chi connectivity index (χ1v) is 15.0. The fourth-order valence-corrected chi connectivity index (χ4v) is 6.21. The zero-order valence-electron chi connectivity index (χ0n) is 24.6. The highest BCUT2D eigenvalue weighted by molar-refractivity contribution is 7.07. The van der Waals surface area contributed by atoms with Crippen LogP contribution in [0.2, 0.25) is 0 Å². The van der Waals surface area contributed by atoms with Crippen LogP contribution in [0.1, 0.15) is 35.2 Å². The molecule has 8 nitrogen and oxygen atoms in total. The molecule has 0 saturated carbocycles. The van der Waals surface area contributed by atoms with Crippen molar-refractivity contribution >= 4 is 29.0 Å². The molecule has 0 bridgehead atoms. The van der Waals surface area contributed by atoms with Crippen LogP contribution < -0.4 is 29.7 Å². The van der Waals surface area contributed by atoms with Gasteiger partial charge in [-0.1, -0.05) is 72.0 Å². The van der Waals surface area contributed by atoms with Crippen molar-refractivity contribution in [3.63, 3.8) is 0 Å². The molecule has 1 aliphatic heterocycles. The second kappa shape index (κ2) is 12.9. The average molecular weight is 613 g/mol. The quantitative estimate of drug-likeness (QED) is 0.255. The standard InChI is InChI=1S/C36H28N4O4S/c1-23-32(34(41)39-28-10-4-3-5-11-28)33(25-14-18-29(43-2)19-15-25)40-35(42)31(45-36(40)38-23)20-24-12-16-30(17-13-24)44-22-27-9-7-6-8-26(27)21-37/h3-20,33H,22H2,1-2H3,(H,39,41)/b31-20+/t33-/m1/s1. The number of amides is 1. The highest BCUT2D eigenvalue weighted by atomic mass is 32.1. The van der Waals surface area contributed by atoms with Gasteiger partial charge in [-0.25, -0.2) is 4.99 Å². The van der Waals surface area contributed by atoms with Gasteiger partial charge < -0.3 is 14.8 Å². The molecule has 9 heteroatoms. The predicted molar refractivity (Wildman–Crippen MR) is 174 cm³/mol. The normalized spacial score (nSPS) is 14.2. The van der Waals surface area contributed by atoms with E-state index in [0.29, 0.717) is 43.4 Å². The number of nitriles is 1. The van der Waals surface area contributed by atoms with Crippen molar-refractivity contribution in [2.45, 2.75) is 19.6 Å². The van der Waals surface area contributed by atoms with E-state index in [1.807, 2.05) is 103 Å². The van der Waals surface area contributed by atoms with Gasteiger partial charge in [0.25, 0.3) is 11.5 Å². The number of methoxy groups -OCH3 is 1. The Kier molecular flexibility index (Phi) is 8.40. The predicted octanol–water partition coefficient (Wildman–Crippen LogP) is 5.33. The Hall–Kier alpha value is -5.72. The third-order valence-corrected chi connectivity index (χ3v) is 8.42. The number of fused-ring (bicyclic) bond motifs is 1. The summed E-state index contributed by atoms with van der Waals surface area (Å²) in [5.74, 6) is 0.986. The molecule has 4 aromatic carbocycles. The molecule has 0 radical (unpaired) electrons. The maximum Gasteiger partial charge on any atom is 0.271 e. The molecule has 1 atom stereocenters. The number of rotatable bonds is 8. The molecule has 6 rings (SSSR count). The largest absolute Gasteiger partial charge is 0.497 e. The van der Waals surface area contributed by atoms with Crippen LogP contribution in [0.5, 0.6) is 11.5 Å². The van der Waals surface area contributed by atoms with Gasteiger partial charge in [0.15, 0.2) is 4.80 Å². The van der Waals surface area contributed by atoms with E-state index in [-0.39, 0.29) is 18.1 Å². The summed E-state index contributed by atoms with van der Waals surface area (Å²) in [6, 6.07) is 32.8. The Morgan fingerprint density at radius 1 is 0.978 bits per heavy atom. The lowest BCUT2D eigenvalue weighted by Gasteiger charge is -2.25. The number of nitrogens with zero attached hydrogens (tertiary/aromatic N) is 3. The summed E-state index contributed by atoms with van der Waals surface area (Å²) in [5, 5.41) is 12.3. The first-order valence-electron chi connectivity index (χ1n) is 14.2. The molecule has 1 aromatic heterocycles. The van der Waals surface area contributed by atoms with E-state index in [1.54, 1.807) is 24.7 Å². The van der Waals surface area contributed by atoms with Crippen molar-refractivity contribution in [1.82, 2.24) is 4.57 Å². The van der Waals surface area contributed by atoms with E-state index < -0.39 is 6.04 Å². The number of carbonyl (C=O) groups excluding carboxylic acids is 1. The van der Waals surface area contributed by atoms with Crippen LogP contribution in [0.3, 0.4) is 0 Å². The second-order valence-electron chi connectivity index (χ2n) is 10.3. The molecule has 0 spiro atoms. The molecule has 0 saturated heterocycles. The number of carbonyl (C=O) groups is 1. The van der Waals surface area contributed by atoms with Crippen LogP contribution >= 0.6 is 11.3 Å². The second-order valence-corrected chi connectivity index (χ2v) is 11.3.